The van der Waals surface area contributed by atoms with Gasteiger partial charge in [0.25, 0.3) is 0 Å². The molecule has 0 bridgehead atoms. The van der Waals surface area contributed by atoms with E-state index < -0.39 is 46.0 Å². The van der Waals surface area contributed by atoms with Crippen LogP contribution in [0.1, 0.15) is 0 Å². The minimum absolute atomic E-state index is 1.26. The van der Waals surface area contributed by atoms with Crippen LogP contribution >= 0.6 is 0 Å². The molecule has 0 amide bonds. The Hall–Kier alpha value is -0.550. The number of hydrogen-bond donors (Lipinski definition) is 5. The molecule has 9 heteroatoms. The zero-order chi connectivity index (χ0) is 11.7. The van der Waals surface area contributed by atoms with Gasteiger partial charge in [0.15, 0.2) is 12.4 Å². The maximum absolute atomic E-state index is 10.3. The van der Waals surface area contributed by atoms with Gasteiger partial charge in [-0.25, -0.2) is 0 Å². The zero-order valence-electron chi connectivity index (χ0n) is 7.26. The maximum atomic E-state index is 10.3. The molecule has 0 aliphatic carbocycles. The minimum atomic E-state index is -3.04. The molecule has 0 aromatic heterocycles. The summed E-state index contributed by atoms with van der Waals surface area (Å²) in [6, 6.07) is 0. The van der Waals surface area contributed by atoms with E-state index in [0.717, 1.165) is 0 Å². The van der Waals surface area contributed by atoms with Gasteiger partial charge in [-0.05, 0) is 0 Å². The fraction of sp³-hybridized carbons (Fsp3) is 0.833. The van der Waals surface area contributed by atoms with Crippen LogP contribution in [0.15, 0.2) is 0 Å². The van der Waals surface area contributed by atoms with E-state index in [1.54, 1.807) is 0 Å². The van der Waals surface area contributed by atoms with E-state index >= 15 is 0 Å². The van der Waals surface area contributed by atoms with E-state index in [-0.39, 0.29) is 0 Å². The SMILES string of the molecule is O=S(=O)=C(O)[C@H]1O[C@H](O)[C@H](O)[C@@H](O)[C@H]1O. The van der Waals surface area contributed by atoms with Crippen molar-refractivity contribution in [3.05, 3.63) is 0 Å². The van der Waals surface area contributed by atoms with Crippen LogP contribution in [0.25, 0.3) is 0 Å². The molecule has 0 spiro atoms. The van der Waals surface area contributed by atoms with Crippen LogP contribution < -0.4 is 0 Å². The van der Waals surface area contributed by atoms with Crippen molar-refractivity contribution in [1.29, 1.82) is 0 Å². The van der Waals surface area contributed by atoms with Crippen molar-refractivity contribution in [2.45, 2.75) is 30.7 Å². The molecule has 5 N–H and O–H groups in total. The van der Waals surface area contributed by atoms with Gasteiger partial charge in [0.05, 0.1) is 0 Å². The number of rotatable bonds is 1. The summed E-state index contributed by atoms with van der Waals surface area (Å²) in [5.74, 6) is 0. The molecule has 0 aromatic carbocycles. The van der Waals surface area contributed by atoms with E-state index in [0.29, 0.717) is 0 Å². The average Bonchev–Trinajstić information content (AvgIpc) is 2.19. The van der Waals surface area contributed by atoms with Crippen LogP contribution in [0.5, 0.6) is 0 Å². The number of aliphatic hydroxyl groups excluding tert-OH is 5. The fourth-order valence-corrected chi connectivity index (χ4v) is 1.54. The highest BCUT2D eigenvalue weighted by atomic mass is 32.2. The van der Waals surface area contributed by atoms with E-state index in [1.165, 1.54) is 0 Å². The van der Waals surface area contributed by atoms with Gasteiger partial charge in [-0.2, -0.15) is 8.42 Å². The molecule has 15 heavy (non-hydrogen) atoms. The molecule has 0 radical (unpaired) electrons. The molecule has 88 valence electrons. The summed E-state index contributed by atoms with van der Waals surface area (Å²) in [5, 5.41) is 44.1. The lowest BCUT2D eigenvalue weighted by Gasteiger charge is -2.37. The van der Waals surface area contributed by atoms with Crippen LogP contribution in [-0.2, 0) is 15.0 Å². The van der Waals surface area contributed by atoms with E-state index in [2.05, 4.69) is 4.74 Å². The van der Waals surface area contributed by atoms with Crippen molar-refractivity contribution >= 4 is 15.3 Å². The Labute approximate surface area is 85.5 Å². The molecular formula is C6H10O8S. The Morgan fingerprint density at radius 1 is 1.00 bits per heavy atom. The first-order valence-electron chi connectivity index (χ1n) is 3.89. The van der Waals surface area contributed by atoms with Gasteiger partial charge < -0.3 is 30.3 Å². The second kappa shape index (κ2) is 4.53. The Morgan fingerprint density at radius 2 is 1.53 bits per heavy atom. The number of ether oxygens (including phenoxy) is 1. The molecule has 0 unspecified atom stereocenters. The van der Waals surface area contributed by atoms with E-state index in [1.807, 2.05) is 0 Å². The summed E-state index contributed by atoms with van der Waals surface area (Å²) < 4.78 is 25.1. The lowest BCUT2D eigenvalue weighted by Crippen LogP contribution is -2.59. The van der Waals surface area contributed by atoms with Crippen molar-refractivity contribution in [1.82, 2.24) is 0 Å². The van der Waals surface area contributed by atoms with Crippen LogP contribution in [-0.4, -0.2) is 69.7 Å². The standard InChI is InChI=1S/C6H10O8S/c7-1-2(8)4(6(11)15(12)13)14-5(10)3(1)9/h1-5,7-11H/t1-,2+,3+,4-,5-/m0/s1. The van der Waals surface area contributed by atoms with Crippen molar-refractivity contribution in [3.8, 4) is 0 Å². The van der Waals surface area contributed by atoms with Gasteiger partial charge >= 0.3 is 0 Å². The zero-order valence-corrected chi connectivity index (χ0v) is 8.07. The third-order valence-electron chi connectivity index (χ3n) is 2.00. The largest absolute Gasteiger partial charge is 0.387 e. The van der Waals surface area contributed by atoms with Crippen LogP contribution in [0, 0.1) is 0 Å². The molecule has 1 saturated heterocycles. The predicted molar refractivity (Wildman–Crippen MR) is 45.5 cm³/mol. The first-order valence-corrected chi connectivity index (χ1v) is 4.96. The first kappa shape index (κ1) is 12.5. The van der Waals surface area contributed by atoms with E-state index in [4.69, 9.17) is 20.4 Å². The van der Waals surface area contributed by atoms with Gasteiger partial charge in [0.1, 0.15) is 18.3 Å². The topological polar surface area (TPSA) is 145 Å². The molecule has 0 aromatic rings. The summed E-state index contributed by atoms with van der Waals surface area (Å²) >= 11 is 0. The summed E-state index contributed by atoms with van der Waals surface area (Å²) in [5.41, 5.74) is 0. The normalized spacial score (nSPS) is 41.3. The van der Waals surface area contributed by atoms with Crippen molar-refractivity contribution < 1.29 is 38.7 Å². The smallest absolute Gasteiger partial charge is 0.243 e. The van der Waals surface area contributed by atoms with Gasteiger partial charge in [-0.15, -0.1) is 0 Å². The third-order valence-corrected chi connectivity index (χ3v) is 2.58. The quantitative estimate of drug-likeness (QED) is 0.296. The number of hydrogen-bond acceptors (Lipinski definition) is 7. The van der Waals surface area contributed by atoms with Gasteiger partial charge in [-0.3, -0.25) is 0 Å². The summed E-state index contributed by atoms with van der Waals surface area (Å²) in [6.45, 7) is 0. The highest BCUT2D eigenvalue weighted by Crippen LogP contribution is 2.19. The minimum Gasteiger partial charge on any atom is -0.387 e. The fourth-order valence-electron chi connectivity index (χ4n) is 1.16. The second-order valence-electron chi connectivity index (χ2n) is 2.99. The predicted octanol–water partition coefficient (Wildman–Crippen LogP) is -3.65. The molecule has 0 saturated carbocycles. The van der Waals surface area contributed by atoms with Gasteiger partial charge in [0.2, 0.25) is 15.3 Å². The Bertz CT molecular complexity index is 353. The number of aliphatic hydroxyl groups is 5. The van der Waals surface area contributed by atoms with Crippen molar-refractivity contribution in [3.63, 3.8) is 0 Å². The lowest BCUT2D eigenvalue weighted by molar-refractivity contribution is -0.268. The molecule has 1 aliphatic heterocycles. The van der Waals surface area contributed by atoms with E-state index in [9.17, 15) is 13.5 Å². The molecule has 1 fully saturated rings. The van der Waals surface area contributed by atoms with Gasteiger partial charge in [0, 0.05) is 0 Å². The molecule has 1 rings (SSSR count). The molecule has 5 atom stereocenters. The monoisotopic (exact) mass is 242 g/mol. The van der Waals surface area contributed by atoms with Crippen molar-refractivity contribution in [2.24, 2.45) is 0 Å². The van der Waals surface area contributed by atoms with Crippen LogP contribution in [0.3, 0.4) is 0 Å². The Balaban J connectivity index is 2.99. The third kappa shape index (κ3) is 2.34. The first-order chi connectivity index (χ1) is 6.86. The summed E-state index contributed by atoms with van der Waals surface area (Å²) in [7, 11) is -3.04. The summed E-state index contributed by atoms with van der Waals surface area (Å²) in [6.07, 6.45) is -9.12. The highest BCUT2D eigenvalue weighted by molar-refractivity contribution is 7.72. The Morgan fingerprint density at radius 3 is 2.00 bits per heavy atom. The van der Waals surface area contributed by atoms with Crippen LogP contribution in [0.4, 0.5) is 0 Å². The van der Waals surface area contributed by atoms with Gasteiger partial charge in [-0.1, -0.05) is 0 Å². The molecular weight excluding hydrogens is 232 g/mol. The molecule has 1 aliphatic rings. The van der Waals surface area contributed by atoms with Crippen molar-refractivity contribution in [2.75, 3.05) is 0 Å². The Kier molecular flexibility index (Phi) is 3.78. The lowest BCUT2D eigenvalue weighted by atomic mass is 9.99. The summed E-state index contributed by atoms with van der Waals surface area (Å²) in [4.78, 5) is 0. The molecule has 8 nitrogen and oxygen atoms in total. The second-order valence-corrected chi connectivity index (χ2v) is 3.88. The highest BCUT2D eigenvalue weighted by Gasteiger charge is 2.45. The maximum Gasteiger partial charge on any atom is 0.243 e. The average molecular weight is 242 g/mol. The molecule has 1 heterocycles. The van der Waals surface area contributed by atoms with Crippen LogP contribution in [0.2, 0.25) is 0 Å².